The summed E-state index contributed by atoms with van der Waals surface area (Å²) in [5, 5.41) is 8.21. The van der Waals surface area contributed by atoms with Gasteiger partial charge >= 0.3 is 11.9 Å². The van der Waals surface area contributed by atoms with Crippen LogP contribution in [0.25, 0.3) is 4.85 Å². The molecule has 1 atom stereocenters. The highest BCUT2D eigenvalue weighted by atomic mass is 16.5. The average Bonchev–Trinajstić information content (AvgIpc) is 2.86. The van der Waals surface area contributed by atoms with Gasteiger partial charge in [0.25, 0.3) is 5.82 Å². The molecule has 2 heterocycles. The minimum atomic E-state index is -0.799. The molecule has 2 aromatic heterocycles. The van der Waals surface area contributed by atoms with E-state index in [4.69, 9.17) is 16.0 Å². The van der Waals surface area contributed by atoms with Gasteiger partial charge in [-0.15, -0.1) is 15.2 Å². The molecule has 0 amide bonds. The number of pyridine rings is 2. The predicted octanol–water partition coefficient (Wildman–Crippen LogP) is 5.43. The zero-order chi connectivity index (χ0) is 26.1. The van der Waals surface area contributed by atoms with Crippen LogP contribution in [0.1, 0.15) is 40.5 Å². The largest absolute Gasteiger partial charge is 0.469 e. The average molecular weight is 481 g/mol. The second kappa shape index (κ2) is 12.0. The van der Waals surface area contributed by atoms with Crippen LogP contribution in [0.4, 0.5) is 23.0 Å². The van der Waals surface area contributed by atoms with Crippen LogP contribution in [0, 0.1) is 17.4 Å². The lowest BCUT2D eigenvalue weighted by Crippen LogP contribution is -2.39. The Kier molecular flexibility index (Phi) is 9.40. The third-order valence-electron chi connectivity index (χ3n) is 5.75. The number of nitrogens with zero attached hydrogens (tertiary/aromatic N) is 6. The molecule has 0 saturated carbocycles. The maximum absolute atomic E-state index is 12.8. The Labute approximate surface area is 206 Å². The number of methoxy groups -OCH3 is 1. The minimum Gasteiger partial charge on any atom is -0.469 e. The third-order valence-corrected chi connectivity index (χ3v) is 5.75. The van der Waals surface area contributed by atoms with Crippen molar-refractivity contribution >= 4 is 34.9 Å². The highest BCUT2D eigenvalue weighted by Crippen LogP contribution is 2.38. The Hall–Kier alpha value is -3.87. The number of aromatic nitrogens is 2. The van der Waals surface area contributed by atoms with E-state index in [1.807, 2.05) is 25.8 Å². The van der Waals surface area contributed by atoms with E-state index in [2.05, 4.69) is 25.0 Å². The molecular formula is C25H32N6O4. The van der Waals surface area contributed by atoms with Crippen LogP contribution < -0.4 is 4.90 Å². The van der Waals surface area contributed by atoms with Crippen molar-refractivity contribution in [3.05, 3.63) is 48.1 Å². The first-order valence-corrected chi connectivity index (χ1v) is 11.2. The first-order chi connectivity index (χ1) is 16.5. The van der Waals surface area contributed by atoms with Crippen molar-refractivity contribution in [2.24, 2.45) is 21.1 Å². The van der Waals surface area contributed by atoms with Gasteiger partial charge in [0, 0.05) is 7.05 Å². The molecule has 0 bridgehead atoms. The minimum absolute atomic E-state index is 0.181. The van der Waals surface area contributed by atoms with Crippen LogP contribution in [0.3, 0.4) is 0 Å². The molecule has 10 heteroatoms. The Bertz CT molecular complexity index is 1080. The van der Waals surface area contributed by atoms with Crippen molar-refractivity contribution in [3.8, 4) is 0 Å². The normalized spacial score (nSPS) is 13.1. The molecule has 2 rings (SSSR count). The molecule has 35 heavy (non-hydrogen) atoms. The van der Waals surface area contributed by atoms with E-state index in [0.29, 0.717) is 42.4 Å². The smallest absolute Gasteiger partial charge is 0.311 e. The van der Waals surface area contributed by atoms with Gasteiger partial charge in [0.1, 0.15) is 30.0 Å². The molecule has 0 radical (unpaired) electrons. The Morgan fingerprint density at radius 2 is 1.69 bits per heavy atom. The summed E-state index contributed by atoms with van der Waals surface area (Å²) in [7, 11) is 3.19. The predicted molar refractivity (Wildman–Crippen MR) is 132 cm³/mol. The van der Waals surface area contributed by atoms with E-state index in [-0.39, 0.29) is 18.5 Å². The summed E-state index contributed by atoms with van der Waals surface area (Å²) in [6, 6.07) is 6.82. The maximum atomic E-state index is 12.8. The number of rotatable bonds is 11. The molecule has 0 N–H and O–H groups in total. The first kappa shape index (κ1) is 27.4. The van der Waals surface area contributed by atoms with Crippen LogP contribution in [-0.2, 0) is 19.1 Å². The summed E-state index contributed by atoms with van der Waals surface area (Å²) in [5.41, 5.74) is -0.493. The third kappa shape index (κ3) is 7.57. The summed E-state index contributed by atoms with van der Waals surface area (Å²) < 4.78 is 10.4. The monoisotopic (exact) mass is 480 g/mol. The standard InChI is InChI=1S/C25H32N6O4/c1-8-25(4,17-24(2,3)22(32)34-7)23(33)35-14-13-31(6)21-12-10-19(16-28-21)30-29-18-9-11-20(26-5)27-15-18/h9-12,15-16H,8,13-14,17H2,1-4,6-7H3. The number of hydrogen-bond donors (Lipinski definition) is 0. The molecule has 0 spiro atoms. The Morgan fingerprint density at radius 3 is 2.17 bits per heavy atom. The van der Waals surface area contributed by atoms with Gasteiger partial charge in [-0.05, 0) is 57.9 Å². The molecule has 0 aliphatic rings. The highest BCUT2D eigenvalue weighted by molar-refractivity contribution is 5.80. The molecule has 0 aromatic carbocycles. The van der Waals surface area contributed by atoms with Crippen molar-refractivity contribution in [1.82, 2.24) is 9.97 Å². The molecule has 0 aliphatic carbocycles. The van der Waals surface area contributed by atoms with Gasteiger partial charge in [0.2, 0.25) is 0 Å². The van der Waals surface area contributed by atoms with Crippen molar-refractivity contribution < 1.29 is 19.1 Å². The quantitative estimate of drug-likeness (QED) is 0.240. The van der Waals surface area contributed by atoms with Crippen molar-refractivity contribution in [3.63, 3.8) is 0 Å². The van der Waals surface area contributed by atoms with E-state index >= 15 is 0 Å². The summed E-state index contributed by atoms with van der Waals surface area (Å²) >= 11 is 0. The molecule has 0 saturated heterocycles. The second-order valence-electron chi connectivity index (χ2n) is 9.08. The number of likely N-dealkylation sites (N-methyl/N-ethyl adjacent to an activating group) is 1. The van der Waals surface area contributed by atoms with Gasteiger partial charge in [-0.1, -0.05) is 13.5 Å². The van der Waals surface area contributed by atoms with Gasteiger partial charge < -0.3 is 19.2 Å². The van der Waals surface area contributed by atoms with E-state index in [0.717, 1.165) is 0 Å². The van der Waals surface area contributed by atoms with Crippen LogP contribution in [0.15, 0.2) is 46.9 Å². The van der Waals surface area contributed by atoms with Crippen LogP contribution >= 0.6 is 0 Å². The Balaban J connectivity index is 1.90. The van der Waals surface area contributed by atoms with Crippen LogP contribution in [-0.4, -0.2) is 49.2 Å². The van der Waals surface area contributed by atoms with Gasteiger partial charge in [-0.3, -0.25) is 9.59 Å². The highest BCUT2D eigenvalue weighted by Gasteiger charge is 2.42. The summed E-state index contributed by atoms with van der Waals surface area (Å²) in [6.07, 6.45) is 3.94. The van der Waals surface area contributed by atoms with E-state index in [1.54, 1.807) is 44.3 Å². The van der Waals surface area contributed by atoms with Crippen molar-refractivity contribution in [2.45, 2.75) is 40.5 Å². The summed E-state index contributed by atoms with van der Waals surface area (Å²) in [4.78, 5) is 38.3. The SMILES string of the molecule is [C-]#[N+]c1ccc(N=Nc2ccc(N(C)CCOC(=O)C(C)(CC)CC(C)(C)C(=O)OC)nc2)cn1. The topological polar surface area (TPSA) is 111 Å². The lowest BCUT2D eigenvalue weighted by molar-refractivity contribution is -0.161. The second-order valence-corrected chi connectivity index (χ2v) is 9.08. The van der Waals surface area contributed by atoms with Crippen molar-refractivity contribution in [2.75, 3.05) is 32.2 Å². The number of carbonyl (C=O) groups excluding carboxylic acids is 2. The fourth-order valence-corrected chi connectivity index (χ4v) is 3.51. The molecule has 186 valence electrons. The first-order valence-electron chi connectivity index (χ1n) is 11.2. The number of esters is 2. The molecule has 0 fully saturated rings. The fraction of sp³-hybridized carbons (Fsp3) is 0.480. The number of hydrogen-bond acceptors (Lipinski definition) is 9. The lowest BCUT2D eigenvalue weighted by atomic mass is 9.72. The van der Waals surface area contributed by atoms with Gasteiger partial charge in [-0.2, -0.15) is 0 Å². The van der Waals surface area contributed by atoms with Gasteiger partial charge in [0.15, 0.2) is 0 Å². The molecular weight excluding hydrogens is 448 g/mol. The number of ether oxygens (including phenoxy) is 2. The molecule has 1 unspecified atom stereocenters. The molecule has 0 aliphatic heterocycles. The van der Waals surface area contributed by atoms with E-state index in [1.165, 1.54) is 13.3 Å². The number of carbonyl (C=O) groups is 2. The van der Waals surface area contributed by atoms with Gasteiger partial charge in [-0.25, -0.2) is 4.98 Å². The maximum Gasteiger partial charge on any atom is 0.311 e. The number of azo groups is 1. The van der Waals surface area contributed by atoms with E-state index in [9.17, 15) is 9.59 Å². The zero-order valence-electron chi connectivity index (χ0n) is 21.1. The van der Waals surface area contributed by atoms with Crippen LogP contribution in [0.2, 0.25) is 0 Å². The van der Waals surface area contributed by atoms with Crippen molar-refractivity contribution in [1.29, 1.82) is 0 Å². The molecule has 2 aromatic rings. The lowest BCUT2D eigenvalue weighted by Gasteiger charge is -2.33. The Morgan fingerprint density at radius 1 is 1.06 bits per heavy atom. The van der Waals surface area contributed by atoms with E-state index < -0.39 is 10.8 Å². The summed E-state index contributed by atoms with van der Waals surface area (Å²) in [5.74, 6) is 0.294. The number of anilines is 1. The zero-order valence-corrected chi connectivity index (χ0v) is 21.1. The molecule has 10 nitrogen and oxygen atoms in total. The van der Waals surface area contributed by atoms with Gasteiger partial charge in [0.05, 0.1) is 30.7 Å². The summed E-state index contributed by atoms with van der Waals surface area (Å²) in [6.45, 7) is 14.8. The fourth-order valence-electron chi connectivity index (χ4n) is 3.51. The van der Waals surface area contributed by atoms with Crippen LogP contribution in [0.5, 0.6) is 0 Å².